The zero-order chi connectivity index (χ0) is 14.9. The topological polar surface area (TPSA) is 48.1 Å². The molecule has 20 heavy (non-hydrogen) atoms. The lowest BCUT2D eigenvalue weighted by atomic mass is 10.2. The van der Waals surface area contributed by atoms with E-state index < -0.39 is 11.7 Å². The molecule has 1 aromatic heterocycles. The van der Waals surface area contributed by atoms with Crippen LogP contribution in [-0.4, -0.2) is 4.98 Å². The molecule has 7 heteroatoms. The van der Waals surface area contributed by atoms with Crippen LogP contribution in [0, 0.1) is 6.92 Å². The lowest BCUT2D eigenvalue weighted by molar-refractivity contribution is -0.137. The van der Waals surface area contributed by atoms with Crippen LogP contribution in [0.1, 0.15) is 11.1 Å². The van der Waals surface area contributed by atoms with Crippen molar-refractivity contribution < 1.29 is 17.9 Å². The monoisotopic (exact) mass is 302 g/mol. The molecule has 0 spiro atoms. The van der Waals surface area contributed by atoms with Crippen LogP contribution >= 0.6 is 11.6 Å². The van der Waals surface area contributed by atoms with E-state index in [1.54, 1.807) is 25.1 Å². The summed E-state index contributed by atoms with van der Waals surface area (Å²) in [6.45, 7) is 1.75. The number of ether oxygens (including phenoxy) is 1. The van der Waals surface area contributed by atoms with Gasteiger partial charge in [-0.15, -0.1) is 0 Å². The molecule has 0 aliphatic rings. The number of anilines is 1. The summed E-state index contributed by atoms with van der Waals surface area (Å²) in [5, 5.41) is -0.212. The average molecular weight is 303 g/mol. The molecule has 0 bridgehead atoms. The Labute approximate surface area is 118 Å². The van der Waals surface area contributed by atoms with E-state index in [4.69, 9.17) is 22.1 Å². The molecule has 0 saturated carbocycles. The molecule has 0 atom stereocenters. The van der Waals surface area contributed by atoms with Crippen LogP contribution in [-0.2, 0) is 6.18 Å². The van der Waals surface area contributed by atoms with Crippen LogP contribution in [0.25, 0.3) is 0 Å². The number of halogens is 4. The lowest BCUT2D eigenvalue weighted by Gasteiger charge is -2.11. The van der Waals surface area contributed by atoms with Crippen molar-refractivity contribution in [2.45, 2.75) is 13.1 Å². The van der Waals surface area contributed by atoms with Crippen molar-refractivity contribution in [1.82, 2.24) is 4.98 Å². The highest BCUT2D eigenvalue weighted by atomic mass is 35.5. The van der Waals surface area contributed by atoms with Gasteiger partial charge >= 0.3 is 6.18 Å². The second kappa shape index (κ2) is 5.20. The van der Waals surface area contributed by atoms with Gasteiger partial charge in [0, 0.05) is 11.9 Å². The van der Waals surface area contributed by atoms with E-state index >= 15 is 0 Å². The number of pyridine rings is 1. The number of nitrogens with zero attached hydrogens (tertiary/aromatic N) is 1. The Balaban J connectivity index is 2.30. The second-order valence-corrected chi connectivity index (χ2v) is 4.54. The summed E-state index contributed by atoms with van der Waals surface area (Å²) in [6.07, 6.45) is -3.82. The van der Waals surface area contributed by atoms with Crippen molar-refractivity contribution in [2.75, 3.05) is 5.73 Å². The molecular formula is C13H10ClF3N2O. The van der Waals surface area contributed by atoms with Crippen LogP contribution in [0.2, 0.25) is 5.02 Å². The summed E-state index contributed by atoms with van der Waals surface area (Å²) in [7, 11) is 0. The second-order valence-electron chi connectivity index (χ2n) is 4.14. The van der Waals surface area contributed by atoms with E-state index in [9.17, 15) is 13.2 Å². The highest BCUT2D eigenvalue weighted by Gasteiger charge is 2.31. The summed E-state index contributed by atoms with van der Waals surface area (Å²) in [4.78, 5) is 3.60. The Kier molecular flexibility index (Phi) is 3.76. The van der Waals surface area contributed by atoms with Gasteiger partial charge in [0.2, 0.25) is 5.88 Å². The van der Waals surface area contributed by atoms with Crippen LogP contribution in [0.4, 0.5) is 18.9 Å². The van der Waals surface area contributed by atoms with Crippen LogP contribution < -0.4 is 10.5 Å². The molecule has 0 aliphatic heterocycles. The van der Waals surface area contributed by atoms with Gasteiger partial charge in [0.15, 0.2) is 0 Å². The van der Waals surface area contributed by atoms with E-state index in [0.29, 0.717) is 17.6 Å². The summed E-state index contributed by atoms with van der Waals surface area (Å²) in [6, 6.07) is 5.66. The molecule has 0 aliphatic carbocycles. The maximum atomic E-state index is 12.5. The third-order valence-electron chi connectivity index (χ3n) is 2.54. The SMILES string of the molecule is Cc1cc(N)ccc1Oc1ncc(C(F)(F)F)cc1Cl. The maximum Gasteiger partial charge on any atom is 0.417 e. The number of alkyl halides is 3. The van der Waals surface area contributed by atoms with E-state index in [0.717, 1.165) is 11.6 Å². The molecule has 1 aromatic carbocycles. The van der Waals surface area contributed by atoms with E-state index in [1.807, 2.05) is 0 Å². The minimum Gasteiger partial charge on any atom is -0.437 e. The average Bonchev–Trinajstić information content (AvgIpc) is 2.33. The third kappa shape index (κ3) is 3.14. The van der Waals surface area contributed by atoms with Gasteiger partial charge < -0.3 is 10.5 Å². The summed E-state index contributed by atoms with van der Waals surface area (Å²) < 4.78 is 42.8. The Morgan fingerprint density at radius 1 is 1.25 bits per heavy atom. The molecular weight excluding hydrogens is 293 g/mol. The standard InChI is InChI=1S/C13H10ClF3N2O/c1-7-4-9(18)2-3-11(7)20-12-10(14)5-8(6-19-12)13(15,16)17/h2-6H,18H2,1H3. The van der Waals surface area contributed by atoms with Crippen molar-refractivity contribution in [2.24, 2.45) is 0 Å². The molecule has 0 fully saturated rings. The fourth-order valence-electron chi connectivity index (χ4n) is 1.55. The van der Waals surface area contributed by atoms with Gasteiger partial charge in [-0.25, -0.2) is 4.98 Å². The largest absolute Gasteiger partial charge is 0.437 e. The number of nitrogen functional groups attached to an aromatic ring is 1. The van der Waals surface area contributed by atoms with Gasteiger partial charge in [0.25, 0.3) is 0 Å². The minimum atomic E-state index is -4.49. The number of benzene rings is 1. The molecule has 0 amide bonds. The quantitative estimate of drug-likeness (QED) is 0.834. The number of hydrogen-bond acceptors (Lipinski definition) is 3. The Morgan fingerprint density at radius 3 is 2.50 bits per heavy atom. The van der Waals surface area contributed by atoms with Crippen molar-refractivity contribution in [1.29, 1.82) is 0 Å². The summed E-state index contributed by atoms with van der Waals surface area (Å²) in [5.41, 5.74) is 5.95. The van der Waals surface area contributed by atoms with Gasteiger partial charge in [-0.3, -0.25) is 0 Å². The predicted molar refractivity (Wildman–Crippen MR) is 69.9 cm³/mol. The number of aryl methyl sites for hydroxylation is 1. The molecule has 0 radical (unpaired) electrons. The van der Waals surface area contributed by atoms with Crippen molar-refractivity contribution in [3.05, 3.63) is 46.6 Å². The third-order valence-corrected chi connectivity index (χ3v) is 2.81. The molecule has 106 valence electrons. The van der Waals surface area contributed by atoms with Gasteiger partial charge in [-0.2, -0.15) is 13.2 Å². The van der Waals surface area contributed by atoms with Gasteiger partial charge in [0.05, 0.1) is 5.56 Å². The zero-order valence-electron chi connectivity index (χ0n) is 10.3. The normalized spacial score (nSPS) is 11.4. The van der Waals surface area contributed by atoms with Crippen LogP contribution in [0.3, 0.4) is 0 Å². The van der Waals surface area contributed by atoms with E-state index in [1.165, 1.54) is 0 Å². The first kappa shape index (κ1) is 14.5. The minimum absolute atomic E-state index is 0.0902. The molecule has 1 heterocycles. The lowest BCUT2D eigenvalue weighted by Crippen LogP contribution is -2.06. The summed E-state index contributed by atoms with van der Waals surface area (Å²) in [5.74, 6) is 0.334. The summed E-state index contributed by atoms with van der Waals surface area (Å²) >= 11 is 5.76. The molecule has 2 N–H and O–H groups in total. The van der Waals surface area contributed by atoms with Crippen molar-refractivity contribution >= 4 is 17.3 Å². The Morgan fingerprint density at radius 2 is 1.95 bits per heavy atom. The number of hydrogen-bond donors (Lipinski definition) is 1. The first-order valence-electron chi connectivity index (χ1n) is 5.54. The zero-order valence-corrected chi connectivity index (χ0v) is 11.1. The smallest absolute Gasteiger partial charge is 0.417 e. The first-order chi connectivity index (χ1) is 9.27. The molecule has 2 rings (SSSR count). The molecule has 0 saturated heterocycles. The van der Waals surface area contributed by atoms with Gasteiger partial charge in [-0.05, 0) is 36.8 Å². The van der Waals surface area contributed by atoms with Crippen LogP contribution in [0.5, 0.6) is 11.6 Å². The molecule has 2 aromatic rings. The predicted octanol–water partition coefficient (Wildman–Crippen LogP) is 4.44. The highest BCUT2D eigenvalue weighted by Crippen LogP contribution is 2.35. The Hall–Kier alpha value is -1.95. The molecule has 0 unspecified atom stereocenters. The van der Waals surface area contributed by atoms with Gasteiger partial charge in [0.1, 0.15) is 10.8 Å². The van der Waals surface area contributed by atoms with Crippen molar-refractivity contribution in [3.63, 3.8) is 0 Å². The number of nitrogens with two attached hydrogens (primary N) is 1. The van der Waals surface area contributed by atoms with E-state index in [-0.39, 0.29) is 10.9 Å². The highest BCUT2D eigenvalue weighted by molar-refractivity contribution is 6.31. The molecule has 3 nitrogen and oxygen atoms in total. The van der Waals surface area contributed by atoms with E-state index in [2.05, 4.69) is 4.98 Å². The van der Waals surface area contributed by atoms with Crippen molar-refractivity contribution in [3.8, 4) is 11.6 Å². The number of rotatable bonds is 2. The van der Waals surface area contributed by atoms with Gasteiger partial charge in [-0.1, -0.05) is 11.6 Å². The number of aromatic nitrogens is 1. The first-order valence-corrected chi connectivity index (χ1v) is 5.92. The maximum absolute atomic E-state index is 12.5. The Bertz CT molecular complexity index is 644. The van der Waals surface area contributed by atoms with Crippen LogP contribution in [0.15, 0.2) is 30.5 Å². The fraction of sp³-hybridized carbons (Fsp3) is 0.154. The fourth-order valence-corrected chi connectivity index (χ4v) is 1.75.